The van der Waals surface area contributed by atoms with Gasteiger partial charge in [0.1, 0.15) is 0 Å². The Labute approximate surface area is 298 Å². The molecule has 51 heavy (non-hydrogen) atoms. The maximum absolute atomic E-state index is 2.46. The van der Waals surface area contributed by atoms with E-state index in [-0.39, 0.29) is 0 Å². The highest BCUT2D eigenvalue weighted by molar-refractivity contribution is 7.26. The van der Waals surface area contributed by atoms with Crippen molar-refractivity contribution in [3.63, 3.8) is 0 Å². The van der Waals surface area contributed by atoms with E-state index < -0.39 is 0 Å². The van der Waals surface area contributed by atoms with Crippen molar-refractivity contribution >= 4 is 75.1 Å². The lowest BCUT2D eigenvalue weighted by Gasteiger charge is -2.13. The van der Waals surface area contributed by atoms with E-state index in [0.29, 0.717) is 0 Å². The summed E-state index contributed by atoms with van der Waals surface area (Å²) in [5.74, 6) is 0. The van der Waals surface area contributed by atoms with Gasteiger partial charge in [0.15, 0.2) is 0 Å². The summed E-state index contributed by atoms with van der Waals surface area (Å²) in [6.45, 7) is 0. The van der Waals surface area contributed by atoms with E-state index in [1.54, 1.807) is 0 Å². The first-order chi connectivity index (χ1) is 25.3. The summed E-state index contributed by atoms with van der Waals surface area (Å²) >= 11 is 1.89. The number of aromatic nitrogens is 2. The van der Waals surface area contributed by atoms with Gasteiger partial charge in [-0.3, -0.25) is 0 Å². The molecule has 238 valence electrons. The third-order valence-corrected chi connectivity index (χ3v) is 11.8. The fourth-order valence-electron chi connectivity index (χ4n) is 8.27. The zero-order valence-corrected chi connectivity index (χ0v) is 28.4. The molecule has 0 bridgehead atoms. The first-order valence-corrected chi connectivity index (χ1v) is 18.3. The number of benzene rings is 8. The second-order valence-electron chi connectivity index (χ2n) is 13.3. The topological polar surface area (TPSA) is 9.86 Å². The molecular weight excluding hydrogens is 637 g/mol. The van der Waals surface area contributed by atoms with Crippen LogP contribution < -0.4 is 0 Å². The molecule has 0 atom stereocenters. The minimum absolute atomic E-state index is 1.16. The van der Waals surface area contributed by atoms with E-state index in [4.69, 9.17) is 0 Å². The predicted molar refractivity (Wildman–Crippen MR) is 219 cm³/mol. The molecule has 0 N–H and O–H groups in total. The van der Waals surface area contributed by atoms with E-state index in [1.165, 1.54) is 91.7 Å². The Hall–Kier alpha value is -6.42. The zero-order valence-electron chi connectivity index (χ0n) is 27.6. The SMILES string of the molecule is c1ccc(-n2c3ccccc3c3cc(-c4ccc(-n5c6ccccc6c6cccc(-c7cccc8c7sc7ccccc78)c65)cc4)ccc32)cc1. The fraction of sp³-hybridized carbons (Fsp3) is 0. The molecule has 2 nitrogen and oxygen atoms in total. The summed E-state index contributed by atoms with van der Waals surface area (Å²) in [4.78, 5) is 0. The molecule has 3 heteroatoms. The monoisotopic (exact) mass is 666 g/mol. The highest BCUT2D eigenvalue weighted by atomic mass is 32.1. The van der Waals surface area contributed by atoms with Crippen molar-refractivity contribution in [1.82, 2.24) is 9.13 Å². The van der Waals surface area contributed by atoms with Crippen LogP contribution in [0.5, 0.6) is 0 Å². The summed E-state index contributed by atoms with van der Waals surface area (Å²) in [5.41, 5.74) is 12.2. The van der Waals surface area contributed by atoms with Crippen LogP contribution in [0.2, 0.25) is 0 Å². The van der Waals surface area contributed by atoms with Crippen LogP contribution in [0.4, 0.5) is 0 Å². The molecule has 0 aliphatic heterocycles. The Bertz CT molecular complexity index is 3120. The van der Waals surface area contributed by atoms with Crippen LogP contribution in [0.25, 0.3) is 97.4 Å². The van der Waals surface area contributed by atoms with Crippen molar-refractivity contribution in [3.8, 4) is 33.6 Å². The van der Waals surface area contributed by atoms with Crippen LogP contribution >= 0.6 is 11.3 Å². The number of fused-ring (bicyclic) bond motifs is 9. The molecule has 0 saturated heterocycles. The van der Waals surface area contributed by atoms with Crippen LogP contribution in [0.3, 0.4) is 0 Å². The normalized spacial score (nSPS) is 11.9. The van der Waals surface area contributed by atoms with Gasteiger partial charge in [-0.1, -0.05) is 127 Å². The molecule has 0 fully saturated rings. The maximum Gasteiger partial charge on any atom is 0.0619 e. The number of nitrogens with zero attached hydrogens (tertiary/aromatic N) is 2. The van der Waals surface area contributed by atoms with E-state index in [0.717, 1.165) is 5.69 Å². The standard InChI is InChI=1S/C48H30N2S/c1-2-12-33(13-3-1)49-43-21-7-5-15-36(43)42-30-32(26-29-45(42)49)31-24-27-34(28-25-31)50-44-22-8-4-14-35(44)38-17-10-18-39(47(38)50)41-20-11-19-40-37-16-6-9-23-46(37)51-48(40)41/h1-30H. The van der Waals surface area contributed by atoms with Crippen molar-refractivity contribution < 1.29 is 0 Å². The van der Waals surface area contributed by atoms with Gasteiger partial charge >= 0.3 is 0 Å². The third-order valence-electron chi connectivity index (χ3n) is 10.5. The quantitative estimate of drug-likeness (QED) is 0.177. The Balaban J connectivity index is 1.09. The third kappa shape index (κ3) is 4.22. The molecular formula is C48H30N2S. The Kier molecular flexibility index (Phi) is 6.16. The lowest BCUT2D eigenvalue weighted by Crippen LogP contribution is -1.96. The van der Waals surface area contributed by atoms with Gasteiger partial charge < -0.3 is 9.13 Å². The molecule has 0 aliphatic rings. The fourth-order valence-corrected chi connectivity index (χ4v) is 9.50. The lowest BCUT2D eigenvalue weighted by atomic mass is 9.99. The van der Waals surface area contributed by atoms with Gasteiger partial charge in [0.05, 0.1) is 22.1 Å². The van der Waals surface area contributed by atoms with Crippen molar-refractivity contribution in [2.45, 2.75) is 0 Å². The molecule has 3 heterocycles. The van der Waals surface area contributed by atoms with Gasteiger partial charge in [0.2, 0.25) is 0 Å². The molecule has 0 radical (unpaired) electrons. The second kappa shape index (κ2) is 11.0. The molecule has 3 aromatic heterocycles. The van der Waals surface area contributed by atoms with Crippen molar-refractivity contribution in [3.05, 3.63) is 182 Å². The minimum atomic E-state index is 1.16. The Morgan fingerprint density at radius 1 is 0.333 bits per heavy atom. The van der Waals surface area contributed by atoms with Crippen LogP contribution in [0, 0.1) is 0 Å². The average Bonchev–Trinajstić information content (AvgIpc) is 3.86. The summed E-state index contributed by atoms with van der Waals surface area (Å²) in [6.07, 6.45) is 0. The van der Waals surface area contributed by atoms with Gasteiger partial charge in [0, 0.05) is 64.2 Å². The molecule has 0 unspecified atom stereocenters. The van der Waals surface area contributed by atoms with Crippen molar-refractivity contribution in [2.24, 2.45) is 0 Å². The zero-order chi connectivity index (χ0) is 33.5. The van der Waals surface area contributed by atoms with E-state index in [9.17, 15) is 0 Å². The molecule has 8 aromatic carbocycles. The number of thiophene rings is 1. The van der Waals surface area contributed by atoms with Gasteiger partial charge in [-0.25, -0.2) is 0 Å². The molecule has 0 saturated carbocycles. The van der Waals surface area contributed by atoms with E-state index in [1.807, 2.05) is 11.3 Å². The summed E-state index contributed by atoms with van der Waals surface area (Å²) in [6, 6.07) is 66.6. The van der Waals surface area contributed by atoms with Crippen LogP contribution in [0.1, 0.15) is 0 Å². The largest absolute Gasteiger partial charge is 0.309 e. The Morgan fingerprint density at radius 2 is 0.902 bits per heavy atom. The van der Waals surface area contributed by atoms with Gasteiger partial charge in [-0.05, 0) is 65.7 Å². The maximum atomic E-state index is 2.46. The molecule has 11 aromatic rings. The minimum Gasteiger partial charge on any atom is -0.309 e. The van der Waals surface area contributed by atoms with Gasteiger partial charge in [-0.2, -0.15) is 0 Å². The number of hydrogen-bond acceptors (Lipinski definition) is 1. The summed E-state index contributed by atoms with van der Waals surface area (Å²) < 4.78 is 7.50. The smallest absolute Gasteiger partial charge is 0.0619 e. The second-order valence-corrected chi connectivity index (χ2v) is 14.4. The van der Waals surface area contributed by atoms with Crippen molar-refractivity contribution in [2.75, 3.05) is 0 Å². The van der Waals surface area contributed by atoms with E-state index >= 15 is 0 Å². The summed E-state index contributed by atoms with van der Waals surface area (Å²) in [7, 11) is 0. The van der Waals surface area contributed by atoms with E-state index in [2.05, 4.69) is 191 Å². The average molecular weight is 667 g/mol. The Morgan fingerprint density at radius 3 is 1.71 bits per heavy atom. The highest BCUT2D eigenvalue weighted by Gasteiger charge is 2.19. The van der Waals surface area contributed by atoms with Crippen LogP contribution in [-0.2, 0) is 0 Å². The lowest BCUT2D eigenvalue weighted by molar-refractivity contribution is 1.18. The number of para-hydroxylation sites is 4. The molecule has 0 amide bonds. The van der Waals surface area contributed by atoms with Crippen LogP contribution in [0.15, 0.2) is 182 Å². The molecule has 0 aliphatic carbocycles. The predicted octanol–water partition coefficient (Wildman–Crippen LogP) is 13.6. The first-order valence-electron chi connectivity index (χ1n) is 17.4. The molecule has 0 spiro atoms. The summed E-state index contributed by atoms with van der Waals surface area (Å²) in [5, 5.41) is 7.71. The first kappa shape index (κ1) is 28.4. The van der Waals surface area contributed by atoms with Gasteiger partial charge in [0.25, 0.3) is 0 Å². The number of rotatable bonds is 4. The highest BCUT2D eigenvalue weighted by Crippen LogP contribution is 2.44. The van der Waals surface area contributed by atoms with Crippen LogP contribution in [-0.4, -0.2) is 9.13 Å². The van der Waals surface area contributed by atoms with Gasteiger partial charge in [-0.15, -0.1) is 11.3 Å². The number of hydrogen-bond donors (Lipinski definition) is 0. The molecule has 11 rings (SSSR count). The van der Waals surface area contributed by atoms with Crippen molar-refractivity contribution in [1.29, 1.82) is 0 Å².